The van der Waals surface area contributed by atoms with Gasteiger partial charge in [-0.3, -0.25) is 0 Å². The summed E-state index contributed by atoms with van der Waals surface area (Å²) in [5.74, 6) is 0.923. The summed E-state index contributed by atoms with van der Waals surface area (Å²) < 4.78 is 2.21. The summed E-state index contributed by atoms with van der Waals surface area (Å²) in [5, 5.41) is 0.657. The maximum Gasteiger partial charge on any atom is 0.127 e. The fourth-order valence-electron chi connectivity index (χ4n) is 2.52. The molecule has 108 valence electrons. The summed E-state index contributed by atoms with van der Waals surface area (Å²) in [6, 6.07) is 16.1. The summed E-state index contributed by atoms with van der Waals surface area (Å²) >= 11 is 12.2. The SMILES string of the molecule is CC(Cl)c1nc2ccccc2n1CCc1ccc(Cl)cc1. The summed E-state index contributed by atoms with van der Waals surface area (Å²) in [4.78, 5) is 4.65. The molecule has 4 heteroatoms. The zero-order chi connectivity index (χ0) is 14.8. The van der Waals surface area contributed by atoms with Crippen LogP contribution in [-0.4, -0.2) is 9.55 Å². The van der Waals surface area contributed by atoms with Crippen molar-refractivity contribution in [1.29, 1.82) is 0 Å². The van der Waals surface area contributed by atoms with Crippen molar-refractivity contribution < 1.29 is 0 Å². The second kappa shape index (κ2) is 6.08. The van der Waals surface area contributed by atoms with Gasteiger partial charge in [-0.15, -0.1) is 11.6 Å². The van der Waals surface area contributed by atoms with Gasteiger partial charge in [0.25, 0.3) is 0 Å². The smallest absolute Gasteiger partial charge is 0.127 e. The Hall–Kier alpha value is -1.51. The van der Waals surface area contributed by atoms with E-state index in [1.807, 2.05) is 37.3 Å². The first-order valence-corrected chi connectivity index (χ1v) is 7.80. The molecule has 21 heavy (non-hydrogen) atoms. The topological polar surface area (TPSA) is 17.8 Å². The van der Waals surface area contributed by atoms with Crippen LogP contribution in [0.5, 0.6) is 0 Å². The highest BCUT2D eigenvalue weighted by Gasteiger charge is 2.14. The van der Waals surface area contributed by atoms with Crippen LogP contribution in [0.15, 0.2) is 48.5 Å². The van der Waals surface area contributed by atoms with E-state index in [4.69, 9.17) is 23.2 Å². The lowest BCUT2D eigenvalue weighted by molar-refractivity contribution is 0.668. The van der Waals surface area contributed by atoms with Gasteiger partial charge in [-0.2, -0.15) is 0 Å². The molecule has 0 bridgehead atoms. The number of nitrogens with zero attached hydrogens (tertiary/aromatic N) is 2. The number of aromatic nitrogens is 2. The van der Waals surface area contributed by atoms with E-state index in [2.05, 4.69) is 27.8 Å². The Kier molecular flexibility index (Phi) is 4.18. The number of fused-ring (bicyclic) bond motifs is 1. The molecule has 2 aromatic carbocycles. The standard InChI is InChI=1S/C17H16Cl2N2/c1-12(18)17-20-15-4-2-3-5-16(15)21(17)11-10-13-6-8-14(19)9-7-13/h2-9,12H,10-11H2,1H3. The Morgan fingerprint density at radius 2 is 1.81 bits per heavy atom. The molecule has 1 atom stereocenters. The Morgan fingerprint density at radius 3 is 2.52 bits per heavy atom. The van der Waals surface area contributed by atoms with E-state index >= 15 is 0 Å². The molecular weight excluding hydrogens is 303 g/mol. The molecule has 0 spiro atoms. The van der Waals surface area contributed by atoms with Crippen LogP contribution >= 0.6 is 23.2 Å². The Labute approximate surface area is 134 Å². The van der Waals surface area contributed by atoms with Crippen molar-refractivity contribution in [2.75, 3.05) is 0 Å². The molecule has 0 aliphatic heterocycles. The van der Waals surface area contributed by atoms with Crippen LogP contribution < -0.4 is 0 Å². The van der Waals surface area contributed by atoms with Crippen molar-refractivity contribution in [2.45, 2.75) is 25.3 Å². The maximum atomic E-state index is 6.28. The molecule has 1 aromatic heterocycles. The monoisotopic (exact) mass is 318 g/mol. The zero-order valence-electron chi connectivity index (χ0n) is 11.8. The predicted octanol–water partition coefficient (Wildman–Crippen LogP) is 5.23. The average molecular weight is 319 g/mol. The zero-order valence-corrected chi connectivity index (χ0v) is 13.3. The number of rotatable bonds is 4. The number of alkyl halides is 1. The number of imidazole rings is 1. The molecule has 0 aliphatic rings. The normalized spacial score (nSPS) is 12.7. The minimum Gasteiger partial charge on any atom is -0.326 e. The molecule has 0 radical (unpaired) electrons. The lowest BCUT2D eigenvalue weighted by Gasteiger charge is -2.10. The van der Waals surface area contributed by atoms with Crippen LogP contribution in [-0.2, 0) is 13.0 Å². The van der Waals surface area contributed by atoms with Gasteiger partial charge in [-0.05, 0) is 43.2 Å². The van der Waals surface area contributed by atoms with Gasteiger partial charge in [-0.25, -0.2) is 4.98 Å². The first-order chi connectivity index (χ1) is 10.1. The minimum absolute atomic E-state index is 0.109. The number of aryl methyl sites for hydroxylation is 2. The lowest BCUT2D eigenvalue weighted by atomic mass is 10.1. The van der Waals surface area contributed by atoms with Gasteiger partial charge in [0.15, 0.2) is 0 Å². The summed E-state index contributed by atoms with van der Waals surface area (Å²) in [7, 11) is 0. The molecule has 3 rings (SSSR count). The summed E-state index contributed by atoms with van der Waals surface area (Å²) in [6.45, 7) is 2.82. The maximum absolute atomic E-state index is 6.28. The van der Waals surface area contributed by atoms with E-state index < -0.39 is 0 Å². The Bertz CT molecular complexity index is 745. The summed E-state index contributed by atoms with van der Waals surface area (Å²) in [5.41, 5.74) is 3.38. The number of halogens is 2. The quantitative estimate of drug-likeness (QED) is 0.602. The van der Waals surface area contributed by atoms with Crippen molar-refractivity contribution in [1.82, 2.24) is 9.55 Å². The molecule has 2 nitrogen and oxygen atoms in total. The predicted molar refractivity (Wildman–Crippen MR) is 89.2 cm³/mol. The third-order valence-corrected chi connectivity index (χ3v) is 4.02. The van der Waals surface area contributed by atoms with Crippen LogP contribution in [0, 0.1) is 0 Å². The highest BCUT2D eigenvalue weighted by molar-refractivity contribution is 6.30. The highest BCUT2D eigenvalue weighted by atomic mass is 35.5. The van der Waals surface area contributed by atoms with Gasteiger partial charge in [0.1, 0.15) is 5.82 Å². The fourth-order valence-corrected chi connectivity index (χ4v) is 2.82. The van der Waals surface area contributed by atoms with E-state index in [9.17, 15) is 0 Å². The minimum atomic E-state index is -0.109. The van der Waals surface area contributed by atoms with Crippen LogP contribution in [0.25, 0.3) is 11.0 Å². The highest BCUT2D eigenvalue weighted by Crippen LogP contribution is 2.25. The fraction of sp³-hybridized carbons (Fsp3) is 0.235. The van der Waals surface area contributed by atoms with Crippen molar-refractivity contribution >= 4 is 34.2 Å². The van der Waals surface area contributed by atoms with E-state index in [-0.39, 0.29) is 5.38 Å². The van der Waals surface area contributed by atoms with Gasteiger partial charge in [0, 0.05) is 11.6 Å². The first-order valence-electron chi connectivity index (χ1n) is 6.99. The number of benzene rings is 2. The number of hydrogen-bond donors (Lipinski definition) is 0. The van der Waals surface area contributed by atoms with Gasteiger partial charge >= 0.3 is 0 Å². The third-order valence-electron chi connectivity index (χ3n) is 3.58. The largest absolute Gasteiger partial charge is 0.326 e. The second-order valence-corrected chi connectivity index (χ2v) is 6.19. The van der Waals surface area contributed by atoms with Crippen molar-refractivity contribution in [2.24, 2.45) is 0 Å². The molecule has 1 unspecified atom stereocenters. The van der Waals surface area contributed by atoms with Crippen LogP contribution in [0.3, 0.4) is 0 Å². The molecule has 0 aliphatic carbocycles. The number of para-hydroxylation sites is 2. The van der Waals surface area contributed by atoms with Crippen LogP contribution in [0.2, 0.25) is 5.02 Å². The molecule has 3 aromatic rings. The van der Waals surface area contributed by atoms with Crippen molar-refractivity contribution in [3.8, 4) is 0 Å². The molecular formula is C17H16Cl2N2. The van der Waals surface area contributed by atoms with Crippen LogP contribution in [0.4, 0.5) is 0 Å². The van der Waals surface area contributed by atoms with Gasteiger partial charge in [0.05, 0.1) is 16.4 Å². The van der Waals surface area contributed by atoms with Gasteiger partial charge in [0.2, 0.25) is 0 Å². The molecule has 0 N–H and O–H groups in total. The van der Waals surface area contributed by atoms with Gasteiger partial charge < -0.3 is 4.57 Å². The third kappa shape index (κ3) is 3.07. The van der Waals surface area contributed by atoms with Crippen LogP contribution in [0.1, 0.15) is 23.7 Å². The first kappa shape index (κ1) is 14.4. The van der Waals surface area contributed by atoms with Crippen molar-refractivity contribution in [3.05, 3.63) is 64.9 Å². The van der Waals surface area contributed by atoms with Gasteiger partial charge in [-0.1, -0.05) is 35.9 Å². The molecule has 0 saturated carbocycles. The Morgan fingerprint density at radius 1 is 1.10 bits per heavy atom. The molecule has 1 heterocycles. The second-order valence-electron chi connectivity index (χ2n) is 5.10. The average Bonchev–Trinajstić information content (AvgIpc) is 2.86. The molecule has 0 saturated heterocycles. The van der Waals surface area contributed by atoms with E-state index in [0.29, 0.717) is 0 Å². The Balaban J connectivity index is 1.91. The van der Waals surface area contributed by atoms with E-state index in [1.165, 1.54) is 5.56 Å². The lowest BCUT2D eigenvalue weighted by Crippen LogP contribution is -2.06. The van der Waals surface area contributed by atoms with E-state index in [1.54, 1.807) is 0 Å². The summed E-state index contributed by atoms with van der Waals surface area (Å²) in [6.07, 6.45) is 0.925. The number of hydrogen-bond acceptors (Lipinski definition) is 1. The van der Waals surface area contributed by atoms with Crippen molar-refractivity contribution in [3.63, 3.8) is 0 Å². The molecule has 0 fully saturated rings. The molecule has 0 amide bonds. The van der Waals surface area contributed by atoms with E-state index in [0.717, 1.165) is 34.8 Å².